The maximum Gasteiger partial charge on any atom is 0.305 e. The molecule has 126 valence electrons. The third kappa shape index (κ3) is 4.16. The van der Waals surface area contributed by atoms with E-state index in [2.05, 4.69) is 29.0 Å². The lowest BCUT2D eigenvalue weighted by atomic mass is 10.0. The highest BCUT2D eigenvalue weighted by Crippen LogP contribution is 2.32. The van der Waals surface area contributed by atoms with Gasteiger partial charge in [-0.2, -0.15) is 0 Å². The maximum absolute atomic E-state index is 11.2. The third-order valence-corrected chi connectivity index (χ3v) is 4.61. The summed E-state index contributed by atoms with van der Waals surface area (Å²) in [7, 11) is 1.42. The van der Waals surface area contributed by atoms with Crippen molar-refractivity contribution in [2.75, 3.05) is 7.11 Å². The predicted molar refractivity (Wildman–Crippen MR) is 94.1 cm³/mol. The van der Waals surface area contributed by atoms with E-state index >= 15 is 0 Å². The summed E-state index contributed by atoms with van der Waals surface area (Å²) in [5, 5.41) is 0. The smallest absolute Gasteiger partial charge is 0.305 e. The molecule has 3 heteroatoms. The van der Waals surface area contributed by atoms with Gasteiger partial charge in [-0.3, -0.25) is 4.79 Å². The van der Waals surface area contributed by atoms with Gasteiger partial charge in [-0.25, -0.2) is 0 Å². The minimum atomic E-state index is -0.176. The Morgan fingerprint density at radius 1 is 1.08 bits per heavy atom. The standard InChI is InChI=1S/C21H24O3/c1-23-21(22)15-12-16-10-13-18(14-11-16)24-20-9-5-3-7-17-6-2-4-8-19(17)20/h2,4,6,8,10-11,13-14,20H,3,5,7,9,12,15H2,1H3. The average molecular weight is 324 g/mol. The molecular formula is C21H24O3. The van der Waals surface area contributed by atoms with Crippen molar-refractivity contribution in [3.05, 3.63) is 65.2 Å². The highest BCUT2D eigenvalue weighted by Gasteiger charge is 2.19. The van der Waals surface area contributed by atoms with Gasteiger partial charge < -0.3 is 9.47 Å². The van der Waals surface area contributed by atoms with E-state index < -0.39 is 0 Å². The third-order valence-electron chi connectivity index (χ3n) is 4.61. The minimum absolute atomic E-state index is 0.129. The summed E-state index contributed by atoms with van der Waals surface area (Å²) < 4.78 is 10.9. The van der Waals surface area contributed by atoms with E-state index in [0.29, 0.717) is 12.8 Å². The van der Waals surface area contributed by atoms with Crippen LogP contribution in [0.15, 0.2) is 48.5 Å². The first-order valence-corrected chi connectivity index (χ1v) is 8.66. The van der Waals surface area contributed by atoms with E-state index in [1.54, 1.807) is 0 Å². The molecule has 1 unspecified atom stereocenters. The number of benzene rings is 2. The molecule has 1 aliphatic rings. The van der Waals surface area contributed by atoms with Crippen LogP contribution in [0.2, 0.25) is 0 Å². The molecule has 2 aromatic rings. The van der Waals surface area contributed by atoms with Gasteiger partial charge in [0.2, 0.25) is 0 Å². The minimum Gasteiger partial charge on any atom is -0.486 e. The zero-order chi connectivity index (χ0) is 16.8. The normalized spacial score (nSPS) is 16.8. The molecular weight excluding hydrogens is 300 g/mol. The molecule has 0 N–H and O–H groups in total. The lowest BCUT2D eigenvalue weighted by Crippen LogP contribution is -2.08. The van der Waals surface area contributed by atoms with E-state index in [4.69, 9.17) is 4.74 Å². The van der Waals surface area contributed by atoms with Crippen molar-refractivity contribution >= 4 is 5.97 Å². The zero-order valence-corrected chi connectivity index (χ0v) is 14.2. The molecule has 3 nitrogen and oxygen atoms in total. The van der Waals surface area contributed by atoms with Gasteiger partial charge in [0, 0.05) is 6.42 Å². The fourth-order valence-electron chi connectivity index (χ4n) is 3.25. The lowest BCUT2D eigenvalue weighted by molar-refractivity contribution is -0.140. The Balaban J connectivity index is 1.67. The number of rotatable bonds is 5. The van der Waals surface area contributed by atoms with Crippen LogP contribution in [0, 0.1) is 0 Å². The van der Waals surface area contributed by atoms with Crippen molar-refractivity contribution in [3.8, 4) is 5.75 Å². The molecule has 1 aliphatic carbocycles. The van der Waals surface area contributed by atoms with E-state index in [9.17, 15) is 4.79 Å². The van der Waals surface area contributed by atoms with Crippen LogP contribution >= 0.6 is 0 Å². The first-order valence-electron chi connectivity index (χ1n) is 8.66. The van der Waals surface area contributed by atoms with Crippen LogP contribution in [0.4, 0.5) is 0 Å². The Morgan fingerprint density at radius 2 is 1.88 bits per heavy atom. The Morgan fingerprint density at radius 3 is 2.67 bits per heavy atom. The number of methoxy groups -OCH3 is 1. The molecule has 0 bridgehead atoms. The zero-order valence-electron chi connectivity index (χ0n) is 14.2. The first-order chi connectivity index (χ1) is 11.8. The Hall–Kier alpha value is -2.29. The summed E-state index contributed by atoms with van der Waals surface area (Å²) in [5.74, 6) is 0.712. The fourth-order valence-corrected chi connectivity index (χ4v) is 3.25. The second kappa shape index (κ2) is 8.00. The number of hydrogen-bond donors (Lipinski definition) is 0. The Kier molecular flexibility index (Phi) is 5.52. The SMILES string of the molecule is COC(=O)CCc1ccc(OC2CCCCc3ccccc32)cc1. The fraction of sp³-hybridized carbons (Fsp3) is 0.381. The highest BCUT2D eigenvalue weighted by atomic mass is 16.5. The number of hydrogen-bond acceptors (Lipinski definition) is 3. The molecule has 0 fully saturated rings. The second-order valence-corrected chi connectivity index (χ2v) is 6.27. The molecule has 0 aliphatic heterocycles. The molecule has 0 saturated carbocycles. The van der Waals surface area contributed by atoms with Crippen LogP contribution in [-0.4, -0.2) is 13.1 Å². The number of aryl methyl sites for hydroxylation is 2. The quantitative estimate of drug-likeness (QED) is 0.594. The summed E-state index contributed by atoms with van der Waals surface area (Å²) in [6.07, 6.45) is 5.85. The largest absolute Gasteiger partial charge is 0.486 e. The summed E-state index contributed by atoms with van der Waals surface area (Å²) in [6.45, 7) is 0. The predicted octanol–water partition coefficient (Wildman–Crippen LogP) is 4.64. The second-order valence-electron chi connectivity index (χ2n) is 6.27. The van der Waals surface area contributed by atoms with Crippen molar-refractivity contribution in [1.29, 1.82) is 0 Å². The van der Waals surface area contributed by atoms with Gasteiger partial charge in [0.05, 0.1) is 7.11 Å². The van der Waals surface area contributed by atoms with Crippen LogP contribution in [0.1, 0.15) is 48.5 Å². The van der Waals surface area contributed by atoms with Crippen LogP contribution in [0.5, 0.6) is 5.75 Å². The number of ether oxygens (including phenoxy) is 2. The highest BCUT2D eigenvalue weighted by molar-refractivity contribution is 5.69. The monoisotopic (exact) mass is 324 g/mol. The van der Waals surface area contributed by atoms with Gasteiger partial charge >= 0.3 is 5.97 Å². The van der Waals surface area contributed by atoms with Crippen LogP contribution < -0.4 is 4.74 Å². The van der Waals surface area contributed by atoms with E-state index in [1.807, 2.05) is 24.3 Å². The maximum atomic E-state index is 11.2. The van der Waals surface area contributed by atoms with Gasteiger partial charge in [0.1, 0.15) is 11.9 Å². The van der Waals surface area contributed by atoms with Crippen LogP contribution in [0.25, 0.3) is 0 Å². The topological polar surface area (TPSA) is 35.5 Å². The van der Waals surface area contributed by atoms with Crippen molar-refractivity contribution < 1.29 is 14.3 Å². The average Bonchev–Trinajstić information content (AvgIpc) is 2.83. The van der Waals surface area contributed by atoms with Crippen molar-refractivity contribution in [1.82, 2.24) is 0 Å². The lowest BCUT2D eigenvalue weighted by Gasteiger charge is -2.20. The van der Waals surface area contributed by atoms with Gasteiger partial charge in [-0.05, 0) is 60.9 Å². The van der Waals surface area contributed by atoms with E-state index in [-0.39, 0.29) is 12.1 Å². The van der Waals surface area contributed by atoms with E-state index in [0.717, 1.165) is 24.2 Å². The Bertz CT molecular complexity index is 676. The molecule has 1 atom stereocenters. The summed E-state index contributed by atoms with van der Waals surface area (Å²) in [6, 6.07) is 16.7. The van der Waals surface area contributed by atoms with E-state index in [1.165, 1.54) is 31.1 Å². The summed E-state index contributed by atoms with van der Waals surface area (Å²) >= 11 is 0. The Labute approximate surface area is 143 Å². The number of carbonyl (C=O) groups is 1. The molecule has 0 saturated heterocycles. The molecule has 0 heterocycles. The molecule has 0 spiro atoms. The molecule has 0 amide bonds. The number of carbonyl (C=O) groups excluding carboxylic acids is 1. The van der Waals surface area contributed by atoms with Gasteiger partial charge in [0.15, 0.2) is 0 Å². The van der Waals surface area contributed by atoms with Crippen LogP contribution in [0.3, 0.4) is 0 Å². The molecule has 3 rings (SSSR count). The van der Waals surface area contributed by atoms with Gasteiger partial charge in [0.25, 0.3) is 0 Å². The molecule has 2 aromatic carbocycles. The number of esters is 1. The van der Waals surface area contributed by atoms with Crippen LogP contribution in [-0.2, 0) is 22.4 Å². The van der Waals surface area contributed by atoms with Crippen molar-refractivity contribution in [2.45, 2.75) is 44.6 Å². The van der Waals surface area contributed by atoms with Crippen molar-refractivity contribution in [2.24, 2.45) is 0 Å². The first kappa shape index (κ1) is 16.6. The molecule has 0 radical (unpaired) electrons. The van der Waals surface area contributed by atoms with Gasteiger partial charge in [-0.1, -0.05) is 36.4 Å². The number of fused-ring (bicyclic) bond motifs is 1. The molecule has 0 aromatic heterocycles. The van der Waals surface area contributed by atoms with Crippen molar-refractivity contribution in [3.63, 3.8) is 0 Å². The summed E-state index contributed by atoms with van der Waals surface area (Å²) in [5.41, 5.74) is 3.86. The van der Waals surface area contributed by atoms with Gasteiger partial charge in [-0.15, -0.1) is 0 Å². The molecule has 24 heavy (non-hydrogen) atoms. The summed E-state index contributed by atoms with van der Waals surface area (Å²) in [4.78, 5) is 11.2.